The summed E-state index contributed by atoms with van der Waals surface area (Å²) in [5, 5.41) is 5.12. The predicted octanol–water partition coefficient (Wildman–Crippen LogP) is 4.37. The maximum atomic E-state index is 14.8. The largest absolute Gasteiger partial charge is 0.494 e. The average molecular weight is 429 g/mol. The maximum absolute atomic E-state index is 14.8. The molecule has 0 aliphatic rings. The molecule has 0 aliphatic heterocycles. The molecule has 0 aliphatic carbocycles. The van der Waals surface area contributed by atoms with Crippen LogP contribution in [0.3, 0.4) is 0 Å². The third-order valence-corrected chi connectivity index (χ3v) is 5.14. The Morgan fingerprint density at radius 3 is 2.00 bits per heavy atom. The second-order valence-electron chi connectivity index (χ2n) is 5.90. The number of primary sulfonamides is 1. The van der Waals surface area contributed by atoms with Gasteiger partial charge in [-0.15, -0.1) is 0 Å². The van der Waals surface area contributed by atoms with Crippen molar-refractivity contribution >= 4 is 10.0 Å². The Balaban J connectivity index is 2.50. The Labute approximate surface area is 162 Å². The highest BCUT2D eigenvalue weighted by atomic mass is 32.2. The molecule has 29 heavy (non-hydrogen) atoms. The van der Waals surface area contributed by atoms with Crippen LogP contribution in [0.1, 0.15) is 0 Å². The molecule has 0 bridgehead atoms. The summed E-state index contributed by atoms with van der Waals surface area (Å²) in [4.78, 5) is -0.639. The van der Waals surface area contributed by atoms with Crippen molar-refractivity contribution < 1.29 is 35.1 Å². The molecule has 0 fully saturated rings. The highest BCUT2D eigenvalue weighted by molar-refractivity contribution is 7.89. The van der Waals surface area contributed by atoms with Crippen molar-refractivity contribution in [3.8, 4) is 28.0 Å². The number of sulfonamides is 1. The molecule has 0 saturated heterocycles. The highest BCUT2D eigenvalue weighted by Gasteiger charge is 2.30. The van der Waals surface area contributed by atoms with Gasteiger partial charge in [0.1, 0.15) is 0 Å². The van der Waals surface area contributed by atoms with E-state index in [1.807, 2.05) is 0 Å². The van der Waals surface area contributed by atoms with Gasteiger partial charge < -0.3 is 4.74 Å². The zero-order valence-corrected chi connectivity index (χ0v) is 15.5. The summed E-state index contributed by atoms with van der Waals surface area (Å²) >= 11 is 0. The normalized spacial score (nSPS) is 11.6. The lowest BCUT2D eigenvalue weighted by molar-refractivity contribution is 0.386. The number of benzene rings is 3. The molecular formula is C19H12F5NO3S. The first kappa shape index (κ1) is 20.7. The minimum Gasteiger partial charge on any atom is -0.494 e. The van der Waals surface area contributed by atoms with Crippen LogP contribution in [-0.2, 0) is 10.0 Å². The summed E-state index contributed by atoms with van der Waals surface area (Å²) in [5.41, 5.74) is -2.49. The third kappa shape index (κ3) is 3.56. The molecule has 2 N–H and O–H groups in total. The molecule has 0 amide bonds. The fourth-order valence-corrected chi connectivity index (χ4v) is 3.64. The topological polar surface area (TPSA) is 69.4 Å². The van der Waals surface area contributed by atoms with Crippen LogP contribution in [0.15, 0.2) is 47.4 Å². The minimum absolute atomic E-state index is 0.280. The summed E-state index contributed by atoms with van der Waals surface area (Å²) in [6, 6.07) is 7.36. The lowest BCUT2D eigenvalue weighted by Gasteiger charge is -2.17. The number of rotatable bonds is 4. The van der Waals surface area contributed by atoms with Gasteiger partial charge in [-0.25, -0.2) is 35.5 Å². The van der Waals surface area contributed by atoms with E-state index in [0.717, 1.165) is 37.4 Å². The lowest BCUT2D eigenvalue weighted by atomic mass is 9.92. The first-order valence-electron chi connectivity index (χ1n) is 7.90. The van der Waals surface area contributed by atoms with E-state index in [2.05, 4.69) is 0 Å². The molecule has 0 radical (unpaired) electrons. The zero-order valence-electron chi connectivity index (χ0n) is 14.6. The van der Waals surface area contributed by atoms with Gasteiger partial charge in [0.25, 0.3) is 0 Å². The van der Waals surface area contributed by atoms with Gasteiger partial charge in [0.05, 0.1) is 12.0 Å². The van der Waals surface area contributed by atoms with Gasteiger partial charge in [-0.05, 0) is 23.8 Å². The van der Waals surface area contributed by atoms with Crippen molar-refractivity contribution in [3.05, 3.63) is 71.6 Å². The fraction of sp³-hybridized carbons (Fsp3) is 0.0526. The summed E-state index contributed by atoms with van der Waals surface area (Å²) < 4.78 is 99.8. The Kier molecular flexibility index (Phi) is 5.33. The monoisotopic (exact) mass is 429 g/mol. The van der Waals surface area contributed by atoms with Crippen molar-refractivity contribution in [2.45, 2.75) is 4.90 Å². The molecule has 3 aromatic rings. The summed E-state index contributed by atoms with van der Waals surface area (Å²) in [7, 11) is -3.33. The third-order valence-electron chi connectivity index (χ3n) is 4.17. The molecule has 0 aromatic heterocycles. The number of halogens is 5. The number of ether oxygens (including phenoxy) is 1. The molecule has 0 heterocycles. The van der Waals surface area contributed by atoms with Gasteiger partial charge in [-0.1, -0.05) is 24.3 Å². The van der Waals surface area contributed by atoms with Crippen molar-refractivity contribution in [3.63, 3.8) is 0 Å². The van der Waals surface area contributed by atoms with Crippen LogP contribution in [-0.4, -0.2) is 15.5 Å². The summed E-state index contributed by atoms with van der Waals surface area (Å²) in [6.07, 6.45) is 0. The van der Waals surface area contributed by atoms with E-state index in [0.29, 0.717) is 0 Å². The highest BCUT2D eigenvalue weighted by Crippen LogP contribution is 2.42. The van der Waals surface area contributed by atoms with E-state index in [1.165, 1.54) is 12.1 Å². The molecule has 0 saturated carbocycles. The Morgan fingerprint density at radius 1 is 0.828 bits per heavy atom. The molecular weight excluding hydrogens is 417 g/mol. The smallest absolute Gasteiger partial charge is 0.238 e. The van der Waals surface area contributed by atoms with E-state index in [-0.39, 0.29) is 11.3 Å². The van der Waals surface area contributed by atoms with Gasteiger partial charge in [-0.2, -0.15) is 0 Å². The number of methoxy groups -OCH3 is 1. The minimum atomic E-state index is -4.44. The maximum Gasteiger partial charge on any atom is 0.238 e. The molecule has 4 nitrogen and oxygen atoms in total. The number of hydrogen-bond donors (Lipinski definition) is 1. The molecule has 0 atom stereocenters. The van der Waals surface area contributed by atoms with Crippen molar-refractivity contribution in [1.82, 2.24) is 0 Å². The van der Waals surface area contributed by atoms with E-state index < -0.39 is 60.7 Å². The Morgan fingerprint density at radius 2 is 1.41 bits per heavy atom. The SMILES string of the molecule is COc1cc(-c2c(F)c(F)c(F)c(F)c2-c2ccccc2S(N)(=O)=O)ccc1F. The Hall–Kier alpha value is -2.98. The lowest BCUT2D eigenvalue weighted by Crippen LogP contribution is -2.14. The van der Waals surface area contributed by atoms with Crippen molar-refractivity contribution in [1.29, 1.82) is 0 Å². The van der Waals surface area contributed by atoms with Gasteiger partial charge in [0, 0.05) is 16.7 Å². The van der Waals surface area contributed by atoms with Gasteiger partial charge >= 0.3 is 0 Å². The molecule has 152 valence electrons. The van der Waals surface area contributed by atoms with Crippen LogP contribution in [0.2, 0.25) is 0 Å². The quantitative estimate of drug-likeness (QED) is 0.380. The van der Waals surface area contributed by atoms with Crippen LogP contribution in [0.4, 0.5) is 22.0 Å². The molecule has 0 unspecified atom stereocenters. The van der Waals surface area contributed by atoms with Crippen LogP contribution in [0, 0.1) is 29.1 Å². The van der Waals surface area contributed by atoms with Crippen molar-refractivity contribution in [2.24, 2.45) is 5.14 Å². The van der Waals surface area contributed by atoms with E-state index in [9.17, 15) is 30.4 Å². The predicted molar refractivity (Wildman–Crippen MR) is 95.0 cm³/mol. The van der Waals surface area contributed by atoms with Crippen LogP contribution in [0.5, 0.6) is 5.75 Å². The second kappa shape index (κ2) is 7.45. The summed E-state index contributed by atoms with van der Waals surface area (Å²) in [5.74, 6) is -9.10. The van der Waals surface area contributed by atoms with Gasteiger partial charge in [-0.3, -0.25) is 0 Å². The van der Waals surface area contributed by atoms with E-state index in [4.69, 9.17) is 9.88 Å². The second-order valence-corrected chi connectivity index (χ2v) is 7.43. The molecule has 10 heteroatoms. The Bertz CT molecular complexity index is 1230. The van der Waals surface area contributed by atoms with E-state index >= 15 is 0 Å². The van der Waals surface area contributed by atoms with Crippen LogP contribution in [0.25, 0.3) is 22.3 Å². The van der Waals surface area contributed by atoms with Crippen LogP contribution < -0.4 is 9.88 Å². The molecule has 0 spiro atoms. The number of nitrogens with two attached hydrogens (primary N) is 1. The molecule has 3 aromatic carbocycles. The van der Waals surface area contributed by atoms with Gasteiger partial charge in [0.2, 0.25) is 10.0 Å². The zero-order chi connectivity index (χ0) is 21.5. The average Bonchev–Trinajstić information content (AvgIpc) is 2.69. The summed E-state index contributed by atoms with van der Waals surface area (Å²) in [6.45, 7) is 0. The van der Waals surface area contributed by atoms with Crippen molar-refractivity contribution in [2.75, 3.05) is 7.11 Å². The fourth-order valence-electron chi connectivity index (χ4n) is 2.89. The van der Waals surface area contributed by atoms with Gasteiger partial charge in [0.15, 0.2) is 34.8 Å². The van der Waals surface area contributed by atoms with E-state index in [1.54, 1.807) is 0 Å². The standard InChI is InChI=1S/C19H12F5NO3S/c1-28-12-8-9(6-7-11(12)20)14-15(17(22)19(24)18(23)16(14)21)10-4-2-3-5-13(10)29(25,26)27/h2-8H,1H3,(H2,25,26,27). The number of hydrogen-bond acceptors (Lipinski definition) is 3. The first-order valence-corrected chi connectivity index (χ1v) is 9.44. The first-order chi connectivity index (χ1) is 13.6. The molecule has 3 rings (SSSR count). The van der Waals surface area contributed by atoms with Crippen LogP contribution >= 0.6 is 0 Å².